The molecule has 7 heteroatoms. The molecule has 0 fully saturated rings. The van der Waals surface area contributed by atoms with E-state index in [0.29, 0.717) is 17.8 Å². The summed E-state index contributed by atoms with van der Waals surface area (Å²) in [7, 11) is 0. The number of aryl methyl sites for hydroxylation is 1. The lowest BCUT2D eigenvalue weighted by Gasteiger charge is -2.02. The third kappa shape index (κ3) is 2.35. The van der Waals surface area contributed by atoms with Crippen LogP contribution in [-0.2, 0) is 6.42 Å². The normalized spacial score (nSPS) is 10.6. The summed E-state index contributed by atoms with van der Waals surface area (Å²) in [5, 5.41) is 27.4. The van der Waals surface area contributed by atoms with Crippen molar-refractivity contribution >= 4 is 5.69 Å². The Morgan fingerprint density at radius 2 is 2.28 bits per heavy atom. The second kappa shape index (κ2) is 4.92. The summed E-state index contributed by atoms with van der Waals surface area (Å²) in [4.78, 5) is 10.5. The minimum absolute atomic E-state index is 0.0181. The van der Waals surface area contributed by atoms with E-state index in [2.05, 4.69) is 10.3 Å². The van der Waals surface area contributed by atoms with Crippen LogP contribution in [0.5, 0.6) is 0 Å². The zero-order valence-electron chi connectivity index (χ0n) is 9.78. The van der Waals surface area contributed by atoms with Gasteiger partial charge in [-0.2, -0.15) is 0 Å². The Labute approximate surface area is 103 Å². The van der Waals surface area contributed by atoms with Gasteiger partial charge in [-0.05, 0) is 18.6 Å². The molecule has 0 aliphatic rings. The molecule has 2 rings (SSSR count). The minimum atomic E-state index is -0.449. The van der Waals surface area contributed by atoms with Crippen LogP contribution in [0.4, 0.5) is 5.69 Å². The van der Waals surface area contributed by atoms with E-state index in [4.69, 9.17) is 5.11 Å². The van der Waals surface area contributed by atoms with Crippen molar-refractivity contribution in [1.29, 1.82) is 0 Å². The summed E-state index contributed by atoms with van der Waals surface area (Å²) in [6.45, 7) is 1.75. The molecule has 1 aromatic heterocycles. The van der Waals surface area contributed by atoms with Crippen molar-refractivity contribution < 1.29 is 10.0 Å². The van der Waals surface area contributed by atoms with E-state index in [-0.39, 0.29) is 12.3 Å². The zero-order chi connectivity index (χ0) is 13.1. The topological polar surface area (TPSA) is 94.1 Å². The molecule has 1 N–H and O–H groups in total. The standard InChI is InChI=1S/C11H12N4O3/c1-8-2-3-10(11(6-8)15(17)18)14-7-9(4-5-16)12-13-14/h2-3,6-7,16H,4-5H2,1H3. The Morgan fingerprint density at radius 1 is 1.50 bits per heavy atom. The number of nitrogens with zero attached hydrogens (tertiary/aromatic N) is 4. The molecule has 0 aliphatic carbocycles. The number of hydrogen-bond donors (Lipinski definition) is 1. The summed E-state index contributed by atoms with van der Waals surface area (Å²) in [5.74, 6) is 0. The Bertz CT molecular complexity index is 579. The predicted octanol–water partition coefficient (Wildman–Crippen LogP) is 1.02. The fourth-order valence-corrected chi connectivity index (χ4v) is 1.62. The molecule has 94 valence electrons. The number of nitro benzene ring substituents is 1. The highest BCUT2D eigenvalue weighted by molar-refractivity contribution is 5.53. The monoisotopic (exact) mass is 248 g/mol. The van der Waals surface area contributed by atoms with Gasteiger partial charge in [0.25, 0.3) is 5.69 Å². The fraction of sp³-hybridized carbons (Fsp3) is 0.273. The Balaban J connectivity index is 2.45. The number of benzene rings is 1. The molecule has 0 spiro atoms. The van der Waals surface area contributed by atoms with Crippen LogP contribution < -0.4 is 0 Å². The molecule has 0 radical (unpaired) electrons. The van der Waals surface area contributed by atoms with Crippen molar-refractivity contribution in [1.82, 2.24) is 15.0 Å². The number of aromatic nitrogens is 3. The first-order valence-corrected chi connectivity index (χ1v) is 5.39. The highest BCUT2D eigenvalue weighted by atomic mass is 16.6. The summed E-state index contributed by atoms with van der Waals surface area (Å²) in [6.07, 6.45) is 1.95. The fourth-order valence-electron chi connectivity index (χ4n) is 1.62. The summed E-state index contributed by atoms with van der Waals surface area (Å²) < 4.78 is 1.35. The first-order chi connectivity index (χ1) is 8.61. The molecule has 1 aromatic carbocycles. The number of aliphatic hydroxyl groups excluding tert-OH is 1. The Morgan fingerprint density at radius 3 is 2.94 bits per heavy atom. The molecule has 0 saturated carbocycles. The lowest BCUT2D eigenvalue weighted by atomic mass is 10.2. The molecule has 0 atom stereocenters. The van der Waals surface area contributed by atoms with Crippen molar-refractivity contribution in [3.8, 4) is 5.69 Å². The first-order valence-electron chi connectivity index (χ1n) is 5.39. The van der Waals surface area contributed by atoms with E-state index in [9.17, 15) is 10.1 Å². The van der Waals surface area contributed by atoms with Gasteiger partial charge in [-0.15, -0.1) is 5.10 Å². The minimum Gasteiger partial charge on any atom is -0.396 e. The van der Waals surface area contributed by atoms with Crippen LogP contribution in [0.2, 0.25) is 0 Å². The van der Waals surface area contributed by atoms with Gasteiger partial charge < -0.3 is 5.11 Å². The Kier molecular flexibility index (Phi) is 3.33. The molecular formula is C11H12N4O3. The molecule has 0 aliphatic heterocycles. The van der Waals surface area contributed by atoms with E-state index in [1.807, 2.05) is 0 Å². The van der Waals surface area contributed by atoms with Gasteiger partial charge in [0.15, 0.2) is 0 Å². The lowest BCUT2D eigenvalue weighted by molar-refractivity contribution is -0.384. The van der Waals surface area contributed by atoms with Crippen molar-refractivity contribution in [3.63, 3.8) is 0 Å². The van der Waals surface area contributed by atoms with Crippen LogP contribution in [0.1, 0.15) is 11.3 Å². The van der Waals surface area contributed by atoms with Crippen LogP contribution in [0, 0.1) is 17.0 Å². The van der Waals surface area contributed by atoms with Gasteiger partial charge in [-0.3, -0.25) is 10.1 Å². The number of rotatable bonds is 4. The largest absolute Gasteiger partial charge is 0.396 e. The maximum absolute atomic E-state index is 11.0. The number of nitro groups is 1. The molecular weight excluding hydrogens is 236 g/mol. The quantitative estimate of drug-likeness (QED) is 0.643. The van der Waals surface area contributed by atoms with Crippen LogP contribution in [-0.4, -0.2) is 31.6 Å². The summed E-state index contributed by atoms with van der Waals surface area (Å²) in [6, 6.07) is 4.89. The van der Waals surface area contributed by atoms with E-state index in [1.165, 1.54) is 10.7 Å². The molecule has 7 nitrogen and oxygen atoms in total. The zero-order valence-corrected chi connectivity index (χ0v) is 9.78. The highest BCUT2D eigenvalue weighted by Crippen LogP contribution is 2.23. The Hall–Kier alpha value is -2.28. The van der Waals surface area contributed by atoms with Gasteiger partial charge in [0.1, 0.15) is 5.69 Å². The van der Waals surface area contributed by atoms with Crippen molar-refractivity contribution in [2.75, 3.05) is 6.61 Å². The lowest BCUT2D eigenvalue weighted by Crippen LogP contribution is -2.01. The van der Waals surface area contributed by atoms with Gasteiger partial charge in [-0.1, -0.05) is 11.3 Å². The van der Waals surface area contributed by atoms with Crippen LogP contribution in [0.25, 0.3) is 5.69 Å². The second-order valence-electron chi connectivity index (χ2n) is 3.88. The van der Waals surface area contributed by atoms with E-state index >= 15 is 0 Å². The summed E-state index contributed by atoms with van der Waals surface area (Å²) >= 11 is 0. The van der Waals surface area contributed by atoms with Gasteiger partial charge in [0.2, 0.25) is 0 Å². The van der Waals surface area contributed by atoms with Gasteiger partial charge >= 0.3 is 0 Å². The smallest absolute Gasteiger partial charge is 0.295 e. The molecule has 0 bridgehead atoms. The average molecular weight is 248 g/mol. The van der Waals surface area contributed by atoms with Gasteiger partial charge in [0.05, 0.1) is 16.8 Å². The van der Waals surface area contributed by atoms with Crippen LogP contribution in [0.3, 0.4) is 0 Å². The van der Waals surface area contributed by atoms with E-state index < -0.39 is 4.92 Å². The molecule has 2 aromatic rings. The first kappa shape index (κ1) is 12.2. The van der Waals surface area contributed by atoms with Crippen LogP contribution >= 0.6 is 0 Å². The maximum atomic E-state index is 11.0. The van der Waals surface area contributed by atoms with Gasteiger partial charge in [-0.25, -0.2) is 4.68 Å². The predicted molar refractivity (Wildman–Crippen MR) is 63.5 cm³/mol. The molecule has 0 unspecified atom stereocenters. The van der Waals surface area contributed by atoms with Crippen molar-refractivity contribution in [3.05, 3.63) is 45.8 Å². The highest BCUT2D eigenvalue weighted by Gasteiger charge is 2.16. The van der Waals surface area contributed by atoms with E-state index in [1.54, 1.807) is 25.3 Å². The molecule has 1 heterocycles. The average Bonchev–Trinajstić information content (AvgIpc) is 2.78. The van der Waals surface area contributed by atoms with Crippen LogP contribution in [0.15, 0.2) is 24.4 Å². The second-order valence-corrected chi connectivity index (χ2v) is 3.88. The molecule has 18 heavy (non-hydrogen) atoms. The third-order valence-electron chi connectivity index (χ3n) is 2.48. The van der Waals surface area contributed by atoms with Crippen molar-refractivity contribution in [2.24, 2.45) is 0 Å². The van der Waals surface area contributed by atoms with Gasteiger partial charge in [0, 0.05) is 19.1 Å². The number of aliphatic hydroxyl groups is 1. The third-order valence-corrected chi connectivity index (χ3v) is 2.48. The van der Waals surface area contributed by atoms with Crippen molar-refractivity contribution in [2.45, 2.75) is 13.3 Å². The molecule has 0 amide bonds. The maximum Gasteiger partial charge on any atom is 0.295 e. The SMILES string of the molecule is Cc1ccc(-n2cc(CCO)nn2)c([N+](=O)[O-])c1. The number of hydrogen-bond acceptors (Lipinski definition) is 5. The summed E-state index contributed by atoms with van der Waals surface area (Å²) in [5.41, 5.74) is 1.74. The van der Waals surface area contributed by atoms with E-state index in [0.717, 1.165) is 5.56 Å². The molecule has 0 saturated heterocycles.